The van der Waals surface area contributed by atoms with Crippen LogP contribution < -0.4 is 15.4 Å². The lowest BCUT2D eigenvalue weighted by Gasteiger charge is -2.44. The summed E-state index contributed by atoms with van der Waals surface area (Å²) in [6, 6.07) is 28.2. The van der Waals surface area contributed by atoms with Gasteiger partial charge in [0, 0.05) is 31.6 Å². The van der Waals surface area contributed by atoms with Crippen LogP contribution in [0.4, 0.5) is 0 Å². The molecular weight excluding hydrogens is 474 g/mol. The van der Waals surface area contributed by atoms with Crippen LogP contribution in [0, 0.1) is 11.5 Å². The van der Waals surface area contributed by atoms with Crippen LogP contribution in [0.25, 0.3) is 0 Å². The number of nitriles is 1. The van der Waals surface area contributed by atoms with Gasteiger partial charge in [0.05, 0.1) is 12.7 Å². The first-order chi connectivity index (χ1) is 18.6. The monoisotopic (exact) mass is 509 g/mol. The van der Waals surface area contributed by atoms with E-state index in [1.165, 1.54) is 5.56 Å². The maximum Gasteiger partial charge on any atom is 0.255 e. The molecule has 0 unspecified atom stereocenters. The molecule has 0 bridgehead atoms. The lowest BCUT2D eigenvalue weighted by molar-refractivity contribution is 0.0925. The summed E-state index contributed by atoms with van der Waals surface area (Å²) in [5.41, 5.74) is 2.73. The maximum absolute atomic E-state index is 13.2. The molecule has 4 rings (SSSR count). The van der Waals surface area contributed by atoms with E-state index < -0.39 is 0 Å². The molecule has 1 saturated carbocycles. The fourth-order valence-corrected chi connectivity index (χ4v) is 5.47. The van der Waals surface area contributed by atoms with Crippen molar-refractivity contribution in [3.63, 3.8) is 0 Å². The predicted octanol–water partition coefficient (Wildman–Crippen LogP) is 4.86. The number of carbonyl (C=O) groups is 1. The number of nitrogens with one attached hydrogen (secondary N) is 2. The van der Waals surface area contributed by atoms with Gasteiger partial charge in [0.1, 0.15) is 5.75 Å². The molecule has 2 N–H and O–H groups in total. The van der Waals surface area contributed by atoms with Gasteiger partial charge in [-0.1, -0.05) is 72.8 Å². The highest BCUT2D eigenvalue weighted by atomic mass is 16.5. The van der Waals surface area contributed by atoms with Gasteiger partial charge in [0.15, 0.2) is 0 Å². The number of aliphatic imine (C=N–C) groups is 1. The van der Waals surface area contributed by atoms with Gasteiger partial charge in [-0.15, -0.1) is 4.99 Å². The molecule has 1 aliphatic rings. The Labute approximate surface area is 225 Å². The van der Waals surface area contributed by atoms with Gasteiger partial charge >= 0.3 is 0 Å². The number of guanidine groups is 1. The average Bonchev–Trinajstić information content (AvgIpc) is 2.99. The number of rotatable bonds is 8. The summed E-state index contributed by atoms with van der Waals surface area (Å²) in [7, 11) is 3.38. The number of hydrogen-bond donors (Lipinski definition) is 2. The van der Waals surface area contributed by atoms with Gasteiger partial charge in [-0.3, -0.25) is 4.79 Å². The zero-order valence-corrected chi connectivity index (χ0v) is 22.1. The molecule has 3 aromatic rings. The molecule has 1 amide bonds. The summed E-state index contributed by atoms with van der Waals surface area (Å²) >= 11 is 0. The second-order valence-electron chi connectivity index (χ2n) is 9.66. The molecule has 0 atom stereocenters. The van der Waals surface area contributed by atoms with Crippen molar-refractivity contribution in [2.75, 3.05) is 20.7 Å². The van der Waals surface area contributed by atoms with E-state index in [1.54, 1.807) is 26.3 Å². The van der Waals surface area contributed by atoms with Crippen molar-refractivity contribution < 1.29 is 9.53 Å². The minimum absolute atomic E-state index is 0.135. The van der Waals surface area contributed by atoms with Gasteiger partial charge in [-0.25, -0.2) is 0 Å². The molecule has 0 saturated heterocycles. The van der Waals surface area contributed by atoms with Crippen LogP contribution in [0.3, 0.4) is 0 Å². The summed E-state index contributed by atoms with van der Waals surface area (Å²) in [4.78, 5) is 19.5. The Hall–Kier alpha value is -4.31. The lowest BCUT2D eigenvalue weighted by atomic mass is 9.67. The largest absolute Gasteiger partial charge is 0.496 e. The van der Waals surface area contributed by atoms with E-state index in [0.717, 1.165) is 31.2 Å². The Morgan fingerprint density at radius 1 is 1.03 bits per heavy atom. The molecule has 1 aliphatic carbocycles. The number of ether oxygens (including phenoxy) is 1. The molecule has 3 aromatic carbocycles. The fraction of sp³-hybridized carbons (Fsp3) is 0.323. The number of amides is 1. The number of para-hydroxylation sites is 1. The number of hydrogen-bond acceptors (Lipinski definition) is 4. The maximum atomic E-state index is 13.2. The molecule has 1 fully saturated rings. The van der Waals surface area contributed by atoms with Crippen molar-refractivity contribution in [3.8, 4) is 11.9 Å². The lowest BCUT2D eigenvalue weighted by Crippen LogP contribution is -2.51. The third-order valence-corrected chi connectivity index (χ3v) is 7.53. The highest BCUT2D eigenvalue weighted by Gasteiger charge is 2.39. The van der Waals surface area contributed by atoms with Gasteiger partial charge in [-0.05, 0) is 48.9 Å². The molecule has 0 spiro atoms. The number of methoxy groups -OCH3 is 1. The molecular formula is C31H35N5O2. The van der Waals surface area contributed by atoms with Crippen molar-refractivity contribution in [1.29, 1.82) is 5.26 Å². The smallest absolute Gasteiger partial charge is 0.255 e. The fourth-order valence-electron chi connectivity index (χ4n) is 5.47. The summed E-state index contributed by atoms with van der Waals surface area (Å²) in [6.45, 7) is 1.19. The normalized spacial score (nSPS) is 19.2. The second kappa shape index (κ2) is 12.8. The Morgan fingerprint density at radius 3 is 2.29 bits per heavy atom. The van der Waals surface area contributed by atoms with Crippen LogP contribution in [-0.4, -0.2) is 43.5 Å². The van der Waals surface area contributed by atoms with E-state index in [-0.39, 0.29) is 17.4 Å². The summed E-state index contributed by atoms with van der Waals surface area (Å²) in [5, 5.41) is 15.6. The van der Waals surface area contributed by atoms with E-state index in [2.05, 4.69) is 56.9 Å². The first-order valence-electron chi connectivity index (χ1n) is 13.0. The Bertz CT molecular complexity index is 1260. The first kappa shape index (κ1) is 26.7. The zero-order valence-electron chi connectivity index (χ0n) is 22.1. The highest BCUT2D eigenvalue weighted by Crippen LogP contribution is 2.41. The van der Waals surface area contributed by atoms with E-state index in [9.17, 15) is 10.1 Å². The zero-order chi connectivity index (χ0) is 26.8. The van der Waals surface area contributed by atoms with E-state index >= 15 is 0 Å². The van der Waals surface area contributed by atoms with Crippen LogP contribution in [0.2, 0.25) is 0 Å². The van der Waals surface area contributed by atoms with Crippen molar-refractivity contribution >= 4 is 11.9 Å². The van der Waals surface area contributed by atoms with Crippen molar-refractivity contribution in [1.82, 2.24) is 15.5 Å². The number of carbonyl (C=O) groups excluding carboxylic acids is 1. The van der Waals surface area contributed by atoms with Crippen molar-refractivity contribution in [2.45, 2.75) is 43.7 Å². The molecule has 0 radical (unpaired) electrons. The second-order valence-corrected chi connectivity index (χ2v) is 9.66. The van der Waals surface area contributed by atoms with Crippen molar-refractivity contribution in [2.24, 2.45) is 4.99 Å². The van der Waals surface area contributed by atoms with Crippen LogP contribution in [0.15, 0.2) is 89.9 Å². The molecule has 0 aromatic heterocycles. The van der Waals surface area contributed by atoms with Crippen LogP contribution >= 0.6 is 0 Å². The molecule has 196 valence electrons. The molecule has 0 heterocycles. The minimum Gasteiger partial charge on any atom is -0.496 e. The van der Waals surface area contributed by atoms with Crippen LogP contribution in [0.1, 0.15) is 47.2 Å². The number of nitrogens with zero attached hydrogens (tertiary/aromatic N) is 3. The minimum atomic E-state index is -0.194. The summed E-state index contributed by atoms with van der Waals surface area (Å²) in [5.74, 6) is 1.01. The topological polar surface area (TPSA) is 89.8 Å². The summed E-state index contributed by atoms with van der Waals surface area (Å²) in [6.07, 6.45) is 5.54. The highest BCUT2D eigenvalue weighted by molar-refractivity contribution is 5.97. The van der Waals surface area contributed by atoms with E-state index in [0.29, 0.717) is 30.4 Å². The Balaban J connectivity index is 1.55. The standard InChI is InChI=1S/C31H35N5O2/c1-33-30(35-23-32)36(21-24-11-5-3-6-12-24)26-17-19-31(20-18-26,25-13-7-4-8-14-25)22-34-29(37)27-15-9-10-16-28(27)38-2/h3-16,26H,17-22H2,1-2H3,(H,33,35)(H,34,37)/t26-,31-. The molecule has 0 aliphatic heterocycles. The Morgan fingerprint density at radius 2 is 1.66 bits per heavy atom. The summed E-state index contributed by atoms with van der Waals surface area (Å²) < 4.78 is 5.40. The third kappa shape index (κ3) is 6.15. The SMILES string of the molecule is CNC(=NC#N)N(Cc1ccccc1)[C@H]1CC[C@](CNC(=O)c2ccccc2OC)(c2ccccc2)CC1. The van der Waals surface area contributed by atoms with Crippen LogP contribution in [-0.2, 0) is 12.0 Å². The van der Waals surface area contributed by atoms with Gasteiger partial charge in [-0.2, -0.15) is 5.26 Å². The quantitative estimate of drug-likeness (QED) is 0.257. The van der Waals surface area contributed by atoms with Gasteiger partial charge < -0.3 is 20.3 Å². The van der Waals surface area contributed by atoms with Gasteiger partial charge in [0.25, 0.3) is 5.91 Å². The Kier molecular flexibility index (Phi) is 8.99. The molecule has 38 heavy (non-hydrogen) atoms. The first-order valence-corrected chi connectivity index (χ1v) is 13.0. The number of benzene rings is 3. The molecule has 7 nitrogen and oxygen atoms in total. The average molecular weight is 510 g/mol. The van der Waals surface area contributed by atoms with E-state index in [4.69, 9.17) is 4.74 Å². The third-order valence-electron chi connectivity index (χ3n) is 7.53. The van der Waals surface area contributed by atoms with E-state index in [1.807, 2.05) is 42.6 Å². The molecule has 7 heteroatoms. The van der Waals surface area contributed by atoms with Gasteiger partial charge in [0.2, 0.25) is 12.2 Å². The predicted molar refractivity (Wildman–Crippen MR) is 150 cm³/mol. The van der Waals surface area contributed by atoms with Crippen molar-refractivity contribution in [3.05, 3.63) is 102 Å². The van der Waals surface area contributed by atoms with Crippen LogP contribution in [0.5, 0.6) is 5.75 Å².